The van der Waals surface area contributed by atoms with E-state index >= 15 is 0 Å². The number of nitrogens with one attached hydrogen (secondary N) is 1. The van der Waals surface area contributed by atoms with Crippen LogP contribution in [0.15, 0.2) is 35.4 Å². The molecule has 0 aliphatic carbocycles. The molecule has 0 saturated carbocycles. The number of fused-ring (bicyclic) bond motifs is 1. The SMILES string of the molecule is Cc1c(Cl)cccc1S(=O)(=O)Nc1cnc2c(c1)c(C)nn2C. The highest BCUT2D eigenvalue weighted by atomic mass is 35.5. The number of hydrogen-bond donors (Lipinski definition) is 1. The van der Waals surface area contributed by atoms with E-state index in [4.69, 9.17) is 11.6 Å². The zero-order valence-corrected chi connectivity index (χ0v) is 14.4. The van der Waals surface area contributed by atoms with E-state index < -0.39 is 10.0 Å². The molecule has 0 atom stereocenters. The lowest BCUT2D eigenvalue weighted by Crippen LogP contribution is -2.14. The average Bonchev–Trinajstić information content (AvgIpc) is 2.76. The second kappa shape index (κ2) is 5.50. The van der Waals surface area contributed by atoms with Crippen LogP contribution in [0, 0.1) is 13.8 Å². The molecule has 0 bridgehead atoms. The lowest BCUT2D eigenvalue weighted by atomic mass is 10.2. The van der Waals surface area contributed by atoms with E-state index in [0.717, 1.165) is 11.1 Å². The van der Waals surface area contributed by atoms with Gasteiger partial charge in [0.2, 0.25) is 0 Å². The van der Waals surface area contributed by atoms with Crippen molar-refractivity contribution in [1.82, 2.24) is 14.8 Å². The molecule has 6 nitrogen and oxygen atoms in total. The van der Waals surface area contributed by atoms with Crippen LogP contribution < -0.4 is 4.72 Å². The highest BCUT2D eigenvalue weighted by molar-refractivity contribution is 7.92. The van der Waals surface area contributed by atoms with Crippen LogP contribution in [0.1, 0.15) is 11.3 Å². The quantitative estimate of drug-likeness (QED) is 0.787. The summed E-state index contributed by atoms with van der Waals surface area (Å²) >= 11 is 6.01. The fourth-order valence-corrected chi connectivity index (χ4v) is 3.99. The first kappa shape index (κ1) is 15.8. The monoisotopic (exact) mass is 350 g/mol. The number of rotatable bonds is 3. The second-order valence-electron chi connectivity index (χ2n) is 5.27. The van der Waals surface area contributed by atoms with E-state index in [0.29, 0.717) is 21.9 Å². The summed E-state index contributed by atoms with van der Waals surface area (Å²) in [7, 11) is -1.95. The van der Waals surface area contributed by atoms with Crippen molar-refractivity contribution in [2.45, 2.75) is 18.7 Å². The van der Waals surface area contributed by atoms with Gasteiger partial charge in [-0.1, -0.05) is 17.7 Å². The molecule has 1 aromatic carbocycles. The Morgan fingerprint density at radius 1 is 1.26 bits per heavy atom. The van der Waals surface area contributed by atoms with E-state index in [9.17, 15) is 8.42 Å². The molecule has 0 radical (unpaired) electrons. The third kappa shape index (κ3) is 2.77. The minimum atomic E-state index is -3.74. The summed E-state index contributed by atoms with van der Waals surface area (Å²) in [6.07, 6.45) is 1.47. The van der Waals surface area contributed by atoms with Gasteiger partial charge in [-0.05, 0) is 37.6 Å². The fraction of sp³-hybridized carbons (Fsp3) is 0.200. The number of halogens is 1. The largest absolute Gasteiger partial charge is 0.278 e. The van der Waals surface area contributed by atoms with Gasteiger partial charge < -0.3 is 0 Å². The molecule has 2 aromatic heterocycles. The van der Waals surface area contributed by atoms with Crippen molar-refractivity contribution in [1.29, 1.82) is 0 Å². The summed E-state index contributed by atoms with van der Waals surface area (Å²) in [6, 6.07) is 6.51. The smallest absolute Gasteiger partial charge is 0.262 e. The van der Waals surface area contributed by atoms with Gasteiger partial charge in [0.1, 0.15) is 0 Å². The van der Waals surface area contributed by atoms with E-state index in [-0.39, 0.29) is 4.90 Å². The van der Waals surface area contributed by atoms with Gasteiger partial charge in [0.25, 0.3) is 10.0 Å². The Labute approximate surface area is 139 Å². The maximum absolute atomic E-state index is 12.6. The minimum Gasteiger partial charge on any atom is -0.278 e. The number of sulfonamides is 1. The summed E-state index contributed by atoms with van der Waals surface area (Å²) in [5, 5.41) is 5.48. The van der Waals surface area contributed by atoms with Crippen LogP contribution in [0.4, 0.5) is 5.69 Å². The molecule has 8 heteroatoms. The standard InChI is InChI=1S/C15H15ClN4O2S/c1-9-13(16)5-4-6-14(9)23(21,22)19-11-7-12-10(2)18-20(3)15(12)17-8-11/h4-8,19H,1-3H3. The zero-order chi connectivity index (χ0) is 16.8. The van der Waals surface area contributed by atoms with Crippen LogP contribution in [0.2, 0.25) is 5.02 Å². The lowest BCUT2D eigenvalue weighted by molar-refractivity contribution is 0.600. The molecule has 0 spiro atoms. The molecule has 0 aliphatic rings. The van der Waals surface area contributed by atoms with Gasteiger partial charge >= 0.3 is 0 Å². The number of pyridine rings is 1. The van der Waals surface area contributed by atoms with Crippen molar-refractivity contribution in [3.05, 3.63) is 46.7 Å². The van der Waals surface area contributed by atoms with Crippen molar-refractivity contribution in [2.24, 2.45) is 7.05 Å². The van der Waals surface area contributed by atoms with Gasteiger partial charge in [-0.3, -0.25) is 9.40 Å². The molecular formula is C15H15ClN4O2S. The van der Waals surface area contributed by atoms with Crippen LogP contribution in [-0.4, -0.2) is 23.2 Å². The van der Waals surface area contributed by atoms with Crippen LogP contribution in [0.3, 0.4) is 0 Å². The van der Waals surface area contributed by atoms with Crippen LogP contribution in [0.5, 0.6) is 0 Å². The van der Waals surface area contributed by atoms with Crippen LogP contribution in [0.25, 0.3) is 11.0 Å². The summed E-state index contributed by atoms with van der Waals surface area (Å²) in [6.45, 7) is 3.52. The first-order chi connectivity index (χ1) is 10.8. The highest BCUT2D eigenvalue weighted by Gasteiger charge is 2.19. The molecule has 120 valence electrons. The van der Waals surface area contributed by atoms with Crippen molar-refractivity contribution in [3.63, 3.8) is 0 Å². The lowest BCUT2D eigenvalue weighted by Gasteiger charge is -2.11. The number of benzene rings is 1. The molecule has 0 aliphatic heterocycles. The number of aromatic nitrogens is 3. The second-order valence-corrected chi connectivity index (χ2v) is 7.33. The Morgan fingerprint density at radius 3 is 2.74 bits per heavy atom. The third-order valence-electron chi connectivity index (χ3n) is 3.62. The van der Waals surface area contributed by atoms with Gasteiger partial charge in [0.05, 0.1) is 22.5 Å². The molecule has 0 unspecified atom stereocenters. The van der Waals surface area contributed by atoms with Gasteiger partial charge in [-0.25, -0.2) is 13.4 Å². The van der Waals surface area contributed by atoms with E-state index in [1.165, 1.54) is 12.3 Å². The van der Waals surface area contributed by atoms with Crippen molar-refractivity contribution in [2.75, 3.05) is 4.72 Å². The Morgan fingerprint density at radius 2 is 2.00 bits per heavy atom. The molecule has 0 fully saturated rings. The van der Waals surface area contributed by atoms with Gasteiger partial charge in [0, 0.05) is 17.5 Å². The Hall–Kier alpha value is -2.12. The predicted octanol–water partition coefficient (Wildman–Crippen LogP) is 3.04. The molecule has 1 N–H and O–H groups in total. The Balaban J connectivity index is 2.04. The molecule has 0 saturated heterocycles. The van der Waals surface area contributed by atoms with E-state index in [1.54, 1.807) is 36.9 Å². The maximum atomic E-state index is 12.6. The van der Waals surface area contributed by atoms with E-state index in [2.05, 4.69) is 14.8 Å². The van der Waals surface area contributed by atoms with Crippen molar-refractivity contribution >= 4 is 38.3 Å². The molecule has 3 rings (SSSR count). The third-order valence-corrected chi connectivity index (χ3v) is 5.56. The molecule has 2 heterocycles. The first-order valence-electron chi connectivity index (χ1n) is 6.87. The number of hydrogen-bond acceptors (Lipinski definition) is 4. The Bertz CT molecular complexity index is 1010. The zero-order valence-electron chi connectivity index (χ0n) is 12.8. The summed E-state index contributed by atoms with van der Waals surface area (Å²) in [4.78, 5) is 4.41. The van der Waals surface area contributed by atoms with Crippen molar-refractivity contribution < 1.29 is 8.42 Å². The number of aryl methyl sites for hydroxylation is 2. The molecule has 0 amide bonds. The molecular weight excluding hydrogens is 336 g/mol. The van der Waals surface area contributed by atoms with Crippen LogP contribution >= 0.6 is 11.6 Å². The number of anilines is 1. The summed E-state index contributed by atoms with van der Waals surface area (Å²) in [5.41, 5.74) is 2.38. The summed E-state index contributed by atoms with van der Waals surface area (Å²) < 4.78 is 29.4. The summed E-state index contributed by atoms with van der Waals surface area (Å²) in [5.74, 6) is 0. The Kier molecular flexibility index (Phi) is 3.77. The van der Waals surface area contributed by atoms with E-state index in [1.807, 2.05) is 6.92 Å². The maximum Gasteiger partial charge on any atom is 0.262 e. The normalized spacial score (nSPS) is 11.8. The molecule has 3 aromatic rings. The van der Waals surface area contributed by atoms with Gasteiger partial charge in [-0.15, -0.1) is 0 Å². The fourth-order valence-electron chi connectivity index (χ4n) is 2.45. The van der Waals surface area contributed by atoms with Crippen LogP contribution in [-0.2, 0) is 17.1 Å². The van der Waals surface area contributed by atoms with Gasteiger partial charge in [-0.2, -0.15) is 5.10 Å². The minimum absolute atomic E-state index is 0.146. The topological polar surface area (TPSA) is 76.9 Å². The average molecular weight is 351 g/mol. The number of nitrogens with zero attached hydrogens (tertiary/aromatic N) is 3. The molecule has 23 heavy (non-hydrogen) atoms. The first-order valence-corrected chi connectivity index (χ1v) is 8.73. The highest BCUT2D eigenvalue weighted by Crippen LogP contribution is 2.26. The van der Waals surface area contributed by atoms with Crippen molar-refractivity contribution in [3.8, 4) is 0 Å². The predicted molar refractivity (Wildman–Crippen MR) is 90.2 cm³/mol. The van der Waals surface area contributed by atoms with Gasteiger partial charge in [0.15, 0.2) is 5.65 Å².